The molecule has 3 aliphatic rings. The molecule has 0 saturated heterocycles. The van der Waals surface area contributed by atoms with Gasteiger partial charge in [0.25, 0.3) is 0 Å². The number of fused-ring (bicyclic) bond motifs is 1. The molecule has 1 aromatic carbocycles. The molecule has 7 heteroatoms. The Balaban J connectivity index is 1.54. The first kappa shape index (κ1) is 23.2. The van der Waals surface area contributed by atoms with Crippen molar-refractivity contribution < 1.29 is 19.1 Å². The molecule has 1 aliphatic heterocycles. The molecule has 1 N–H and O–H groups in total. The van der Waals surface area contributed by atoms with Crippen LogP contribution in [-0.2, 0) is 9.59 Å². The highest BCUT2D eigenvalue weighted by molar-refractivity contribution is 6.27. The number of carbonyl (C=O) groups is 2. The second kappa shape index (κ2) is 10.8. The van der Waals surface area contributed by atoms with Gasteiger partial charge in [0.05, 0.1) is 6.54 Å². The average Bonchev–Trinajstić information content (AvgIpc) is 3.11. The molecule has 2 aliphatic carbocycles. The van der Waals surface area contributed by atoms with E-state index >= 15 is 0 Å². The third-order valence-electron chi connectivity index (χ3n) is 7.18. The van der Waals surface area contributed by atoms with Crippen molar-refractivity contribution in [2.75, 3.05) is 19.0 Å². The minimum Gasteiger partial charge on any atom is -0.486 e. The van der Waals surface area contributed by atoms with E-state index < -0.39 is 5.54 Å². The predicted molar refractivity (Wildman–Crippen MR) is 124 cm³/mol. The molecule has 0 bridgehead atoms. The SMILES string of the molecule is O=C(CCl)N(C[C@@H]1COc2ccccc2O1)C1(C(=O)NC2CCCCCC2)CCCCC1. The summed E-state index contributed by atoms with van der Waals surface area (Å²) in [4.78, 5) is 28.6. The second-order valence-electron chi connectivity index (χ2n) is 9.39. The zero-order valence-electron chi connectivity index (χ0n) is 18.8. The van der Waals surface area contributed by atoms with E-state index in [0.29, 0.717) is 30.9 Å². The molecule has 1 aromatic rings. The Bertz CT molecular complexity index is 788. The van der Waals surface area contributed by atoms with E-state index in [-0.39, 0.29) is 36.4 Å². The smallest absolute Gasteiger partial charge is 0.246 e. The fraction of sp³-hybridized carbons (Fsp3) is 0.680. The summed E-state index contributed by atoms with van der Waals surface area (Å²) in [5.41, 5.74) is -0.864. The van der Waals surface area contributed by atoms with Crippen molar-refractivity contribution in [2.24, 2.45) is 0 Å². The van der Waals surface area contributed by atoms with Crippen molar-refractivity contribution in [1.82, 2.24) is 10.2 Å². The molecule has 0 radical (unpaired) electrons. The lowest BCUT2D eigenvalue weighted by Crippen LogP contribution is -2.65. The maximum atomic E-state index is 13.8. The van der Waals surface area contributed by atoms with Crippen molar-refractivity contribution in [2.45, 2.75) is 88.3 Å². The van der Waals surface area contributed by atoms with Gasteiger partial charge in [-0.25, -0.2) is 0 Å². The van der Waals surface area contributed by atoms with Crippen LogP contribution in [0.4, 0.5) is 0 Å². The molecule has 176 valence electrons. The first-order valence-corrected chi connectivity index (χ1v) is 12.7. The van der Waals surface area contributed by atoms with Crippen LogP contribution in [0.2, 0.25) is 0 Å². The average molecular weight is 463 g/mol. The minimum absolute atomic E-state index is 0.0142. The number of amides is 2. The molecule has 32 heavy (non-hydrogen) atoms. The number of ether oxygens (including phenoxy) is 2. The van der Waals surface area contributed by atoms with Gasteiger partial charge in [-0.05, 0) is 37.8 Å². The largest absolute Gasteiger partial charge is 0.486 e. The highest BCUT2D eigenvalue weighted by Gasteiger charge is 2.48. The summed E-state index contributed by atoms with van der Waals surface area (Å²) >= 11 is 6.05. The summed E-state index contributed by atoms with van der Waals surface area (Å²) < 4.78 is 12.0. The number of hydrogen-bond donors (Lipinski definition) is 1. The molecule has 0 unspecified atom stereocenters. The topological polar surface area (TPSA) is 67.9 Å². The second-order valence-corrected chi connectivity index (χ2v) is 9.66. The Labute approximate surface area is 196 Å². The Morgan fingerprint density at radius 1 is 1.00 bits per heavy atom. The molecule has 2 fully saturated rings. The summed E-state index contributed by atoms with van der Waals surface area (Å²) in [6.45, 7) is 0.626. The van der Waals surface area contributed by atoms with Crippen LogP contribution in [0.15, 0.2) is 24.3 Å². The Hall–Kier alpha value is -1.95. The van der Waals surface area contributed by atoms with Crippen molar-refractivity contribution in [3.63, 3.8) is 0 Å². The van der Waals surface area contributed by atoms with Crippen LogP contribution in [-0.4, -0.2) is 53.4 Å². The van der Waals surface area contributed by atoms with Gasteiger partial charge < -0.3 is 19.7 Å². The fourth-order valence-electron chi connectivity index (χ4n) is 5.44. The van der Waals surface area contributed by atoms with Crippen LogP contribution < -0.4 is 14.8 Å². The van der Waals surface area contributed by atoms with Gasteiger partial charge in [0.2, 0.25) is 11.8 Å². The molecule has 2 saturated carbocycles. The maximum absolute atomic E-state index is 13.8. The van der Waals surface area contributed by atoms with Crippen molar-refractivity contribution >= 4 is 23.4 Å². The van der Waals surface area contributed by atoms with E-state index in [4.69, 9.17) is 21.1 Å². The Morgan fingerprint density at radius 2 is 1.66 bits per heavy atom. The van der Waals surface area contributed by atoms with Crippen LogP contribution >= 0.6 is 11.6 Å². The quantitative estimate of drug-likeness (QED) is 0.501. The van der Waals surface area contributed by atoms with E-state index in [1.165, 1.54) is 12.8 Å². The molecular weight excluding hydrogens is 428 g/mol. The standard InChI is InChI=1S/C25H35ClN2O4/c26-16-23(29)28(17-20-18-31-21-12-6-7-13-22(21)32-20)25(14-8-3-9-15-25)24(30)27-19-10-4-1-2-5-11-19/h6-7,12-13,19-20H,1-5,8-11,14-18H2,(H,27,30)/t20-/m1/s1. The van der Waals surface area contributed by atoms with Gasteiger partial charge in [0.15, 0.2) is 17.6 Å². The number of hydrogen-bond acceptors (Lipinski definition) is 4. The summed E-state index contributed by atoms with van der Waals surface area (Å²) in [5, 5.41) is 3.33. The summed E-state index contributed by atoms with van der Waals surface area (Å²) in [6.07, 6.45) is 10.7. The molecule has 4 rings (SSSR count). The molecule has 1 heterocycles. The number of rotatable bonds is 6. The number of alkyl halides is 1. The third-order valence-corrected chi connectivity index (χ3v) is 7.41. The lowest BCUT2D eigenvalue weighted by atomic mass is 9.78. The van der Waals surface area contributed by atoms with E-state index in [1.807, 2.05) is 24.3 Å². The van der Waals surface area contributed by atoms with Crippen LogP contribution in [0, 0.1) is 0 Å². The van der Waals surface area contributed by atoms with Crippen LogP contribution in [0.1, 0.15) is 70.6 Å². The van der Waals surface area contributed by atoms with Crippen LogP contribution in [0.3, 0.4) is 0 Å². The summed E-state index contributed by atoms with van der Waals surface area (Å²) in [6, 6.07) is 7.73. The van der Waals surface area contributed by atoms with Gasteiger partial charge in [-0.3, -0.25) is 9.59 Å². The molecule has 1 atom stereocenters. The molecule has 6 nitrogen and oxygen atoms in total. The van der Waals surface area contributed by atoms with Crippen molar-refractivity contribution in [1.29, 1.82) is 0 Å². The van der Waals surface area contributed by atoms with Gasteiger partial charge in [0.1, 0.15) is 18.0 Å². The van der Waals surface area contributed by atoms with Crippen molar-refractivity contribution in [3.05, 3.63) is 24.3 Å². The first-order chi connectivity index (χ1) is 15.6. The zero-order valence-corrected chi connectivity index (χ0v) is 19.6. The van der Waals surface area contributed by atoms with E-state index in [2.05, 4.69) is 5.32 Å². The highest BCUT2D eigenvalue weighted by Crippen LogP contribution is 2.37. The molecule has 0 aromatic heterocycles. The Kier molecular flexibility index (Phi) is 7.82. The van der Waals surface area contributed by atoms with Gasteiger partial charge in [-0.1, -0.05) is 57.1 Å². The highest BCUT2D eigenvalue weighted by atomic mass is 35.5. The monoisotopic (exact) mass is 462 g/mol. The maximum Gasteiger partial charge on any atom is 0.246 e. The first-order valence-electron chi connectivity index (χ1n) is 12.2. The fourth-order valence-corrected chi connectivity index (χ4v) is 5.59. The van der Waals surface area contributed by atoms with Gasteiger partial charge >= 0.3 is 0 Å². The third kappa shape index (κ3) is 5.16. The van der Waals surface area contributed by atoms with E-state index in [1.54, 1.807) is 4.90 Å². The number of nitrogens with one attached hydrogen (secondary N) is 1. The number of halogens is 1. The minimum atomic E-state index is -0.864. The molecule has 0 spiro atoms. The van der Waals surface area contributed by atoms with Gasteiger partial charge in [-0.15, -0.1) is 11.6 Å². The lowest BCUT2D eigenvalue weighted by molar-refractivity contribution is -0.151. The van der Waals surface area contributed by atoms with Crippen molar-refractivity contribution in [3.8, 4) is 11.5 Å². The lowest BCUT2D eigenvalue weighted by Gasteiger charge is -2.46. The number of nitrogens with zero attached hydrogens (tertiary/aromatic N) is 1. The predicted octanol–water partition coefficient (Wildman–Crippen LogP) is 4.44. The Morgan fingerprint density at radius 3 is 2.34 bits per heavy atom. The molecular formula is C25H35ClN2O4. The van der Waals surface area contributed by atoms with Gasteiger partial charge in [0, 0.05) is 6.04 Å². The normalized spacial score (nSPS) is 23.1. The van der Waals surface area contributed by atoms with Crippen LogP contribution in [0.25, 0.3) is 0 Å². The van der Waals surface area contributed by atoms with E-state index in [9.17, 15) is 9.59 Å². The number of para-hydroxylation sites is 2. The van der Waals surface area contributed by atoms with Gasteiger partial charge in [-0.2, -0.15) is 0 Å². The number of carbonyl (C=O) groups excluding carboxylic acids is 2. The summed E-state index contributed by atoms with van der Waals surface area (Å²) in [5.74, 6) is 0.995. The molecule has 2 amide bonds. The van der Waals surface area contributed by atoms with E-state index in [0.717, 1.165) is 44.9 Å². The summed E-state index contributed by atoms with van der Waals surface area (Å²) in [7, 11) is 0. The zero-order chi connectivity index (χ0) is 22.4. The number of benzene rings is 1. The van der Waals surface area contributed by atoms with Crippen LogP contribution in [0.5, 0.6) is 11.5 Å².